The molecule has 2 amide bonds. The van der Waals surface area contributed by atoms with Gasteiger partial charge in [0, 0.05) is 36.0 Å². The number of halogens is 1. The molecule has 26 heavy (non-hydrogen) atoms. The van der Waals surface area contributed by atoms with Gasteiger partial charge in [0.05, 0.1) is 0 Å². The summed E-state index contributed by atoms with van der Waals surface area (Å²) in [7, 11) is 0. The van der Waals surface area contributed by atoms with Crippen LogP contribution in [0.1, 0.15) is 77.0 Å². The van der Waals surface area contributed by atoms with Gasteiger partial charge < -0.3 is 16.0 Å². The molecule has 0 spiro atoms. The summed E-state index contributed by atoms with van der Waals surface area (Å²) in [5, 5.41) is 10.2. The molecule has 2 atom stereocenters. The molecule has 5 nitrogen and oxygen atoms in total. The third-order valence-electron chi connectivity index (χ3n) is 6.99. The van der Waals surface area contributed by atoms with E-state index in [0.717, 1.165) is 51.4 Å². The molecule has 0 aromatic carbocycles. The van der Waals surface area contributed by atoms with Crippen molar-refractivity contribution in [3.63, 3.8) is 0 Å². The van der Waals surface area contributed by atoms with E-state index in [1.54, 1.807) is 0 Å². The van der Waals surface area contributed by atoms with Crippen LogP contribution in [0.5, 0.6) is 0 Å². The first-order chi connectivity index (χ1) is 12.2. The highest BCUT2D eigenvalue weighted by molar-refractivity contribution is 5.85. The van der Waals surface area contributed by atoms with Crippen LogP contribution in [0, 0.1) is 11.8 Å². The zero-order valence-electron chi connectivity index (χ0n) is 15.7. The Labute approximate surface area is 163 Å². The third-order valence-corrected chi connectivity index (χ3v) is 6.99. The average molecular weight is 384 g/mol. The van der Waals surface area contributed by atoms with Gasteiger partial charge in [-0.05, 0) is 64.2 Å². The van der Waals surface area contributed by atoms with E-state index in [0.29, 0.717) is 18.1 Å². The first kappa shape index (κ1) is 19.9. The number of rotatable bonds is 4. The second-order valence-electron chi connectivity index (χ2n) is 8.85. The topological polar surface area (TPSA) is 70.2 Å². The Bertz CT molecular complexity index is 489. The lowest BCUT2D eigenvalue weighted by Crippen LogP contribution is -2.50. The Morgan fingerprint density at radius 1 is 0.654 bits per heavy atom. The van der Waals surface area contributed by atoms with Crippen molar-refractivity contribution in [1.82, 2.24) is 16.0 Å². The molecule has 2 aliphatic heterocycles. The Hall–Kier alpha value is -0.810. The fourth-order valence-electron chi connectivity index (χ4n) is 5.50. The molecule has 148 valence electrons. The van der Waals surface area contributed by atoms with Crippen molar-refractivity contribution >= 4 is 24.2 Å². The second-order valence-corrected chi connectivity index (χ2v) is 8.85. The lowest BCUT2D eigenvalue weighted by atomic mass is 9.84. The van der Waals surface area contributed by atoms with Gasteiger partial charge in [0.1, 0.15) is 0 Å². The quantitative estimate of drug-likeness (QED) is 0.699. The Morgan fingerprint density at radius 3 is 1.73 bits per heavy atom. The van der Waals surface area contributed by atoms with E-state index in [4.69, 9.17) is 0 Å². The summed E-state index contributed by atoms with van der Waals surface area (Å²) >= 11 is 0. The van der Waals surface area contributed by atoms with Crippen LogP contribution in [0.4, 0.5) is 0 Å². The van der Waals surface area contributed by atoms with Gasteiger partial charge in [-0.3, -0.25) is 9.59 Å². The molecular weight excluding hydrogens is 350 g/mol. The summed E-state index contributed by atoms with van der Waals surface area (Å²) in [5.74, 6) is 0.908. The molecule has 6 heteroatoms. The van der Waals surface area contributed by atoms with Crippen LogP contribution in [0.25, 0.3) is 0 Å². The van der Waals surface area contributed by atoms with Gasteiger partial charge in [-0.1, -0.05) is 12.8 Å². The Kier molecular flexibility index (Phi) is 6.84. The van der Waals surface area contributed by atoms with Crippen molar-refractivity contribution < 1.29 is 9.59 Å². The number of hydrogen-bond acceptors (Lipinski definition) is 3. The zero-order valence-corrected chi connectivity index (χ0v) is 16.5. The van der Waals surface area contributed by atoms with Crippen molar-refractivity contribution in [3.05, 3.63) is 0 Å². The molecule has 2 bridgehead atoms. The summed E-state index contributed by atoms with van der Waals surface area (Å²) in [5.41, 5.74) is 0. The van der Waals surface area contributed by atoms with Crippen LogP contribution in [-0.2, 0) is 9.59 Å². The van der Waals surface area contributed by atoms with Crippen LogP contribution in [0.2, 0.25) is 0 Å². The minimum Gasteiger partial charge on any atom is -0.353 e. The van der Waals surface area contributed by atoms with Crippen molar-refractivity contribution in [2.75, 3.05) is 0 Å². The summed E-state index contributed by atoms with van der Waals surface area (Å²) in [6.07, 6.45) is 13.0. The van der Waals surface area contributed by atoms with E-state index in [1.807, 2.05) is 0 Å². The molecule has 4 rings (SSSR count). The van der Waals surface area contributed by atoms with E-state index in [9.17, 15) is 9.59 Å². The highest BCUT2D eigenvalue weighted by Gasteiger charge is 2.36. The minimum atomic E-state index is 0. The van der Waals surface area contributed by atoms with Crippen LogP contribution in [-0.4, -0.2) is 36.0 Å². The van der Waals surface area contributed by atoms with Crippen molar-refractivity contribution in [3.8, 4) is 0 Å². The molecule has 2 unspecified atom stereocenters. The molecule has 4 fully saturated rings. The molecule has 4 aliphatic rings. The van der Waals surface area contributed by atoms with Crippen molar-refractivity contribution in [1.29, 1.82) is 0 Å². The molecule has 2 saturated carbocycles. The summed E-state index contributed by atoms with van der Waals surface area (Å²) in [6, 6.07) is 1.88. The molecular formula is C20H34ClN3O2. The lowest BCUT2D eigenvalue weighted by molar-refractivity contribution is -0.127. The highest BCUT2D eigenvalue weighted by Crippen LogP contribution is 2.30. The Morgan fingerprint density at radius 2 is 1.15 bits per heavy atom. The van der Waals surface area contributed by atoms with Gasteiger partial charge >= 0.3 is 0 Å². The van der Waals surface area contributed by atoms with Crippen LogP contribution in [0.15, 0.2) is 0 Å². The lowest BCUT2D eigenvalue weighted by Gasteiger charge is -2.33. The molecule has 0 aromatic heterocycles. The largest absolute Gasteiger partial charge is 0.353 e. The van der Waals surface area contributed by atoms with E-state index in [-0.39, 0.29) is 42.1 Å². The number of hydrogen-bond donors (Lipinski definition) is 3. The molecule has 0 radical (unpaired) electrons. The number of fused-ring (bicyclic) bond motifs is 2. The number of carbonyl (C=O) groups excluding carboxylic acids is 2. The van der Waals surface area contributed by atoms with Crippen LogP contribution < -0.4 is 16.0 Å². The molecule has 2 heterocycles. The molecule has 0 aromatic rings. The molecule has 3 N–H and O–H groups in total. The van der Waals surface area contributed by atoms with Gasteiger partial charge in [0.25, 0.3) is 0 Å². The highest BCUT2D eigenvalue weighted by atomic mass is 35.5. The third kappa shape index (κ3) is 4.72. The number of piperidine rings is 1. The molecule has 2 saturated heterocycles. The van der Waals surface area contributed by atoms with E-state index < -0.39 is 0 Å². The number of carbonyl (C=O) groups is 2. The van der Waals surface area contributed by atoms with Gasteiger partial charge in [-0.25, -0.2) is 0 Å². The fourth-order valence-corrected chi connectivity index (χ4v) is 5.50. The number of amides is 2. The smallest absolute Gasteiger partial charge is 0.223 e. The van der Waals surface area contributed by atoms with Crippen LogP contribution in [0.3, 0.4) is 0 Å². The maximum Gasteiger partial charge on any atom is 0.223 e. The van der Waals surface area contributed by atoms with E-state index in [2.05, 4.69) is 16.0 Å². The van der Waals surface area contributed by atoms with Gasteiger partial charge in [-0.15, -0.1) is 12.4 Å². The van der Waals surface area contributed by atoms with E-state index in [1.165, 1.54) is 25.7 Å². The maximum atomic E-state index is 12.6. The fraction of sp³-hybridized carbons (Fsp3) is 0.900. The van der Waals surface area contributed by atoms with E-state index >= 15 is 0 Å². The van der Waals surface area contributed by atoms with Crippen molar-refractivity contribution in [2.24, 2.45) is 11.8 Å². The standard InChI is InChI=1S/C20H33N3O2.ClH/c24-19(13-3-1-2-4-13)22-15-7-5-14(6-8-15)20(25)23-18-11-16-9-10-17(12-18)21-16;/h13-18,21H,1-12H2,(H,22,24)(H,23,25);1H. The first-order valence-electron chi connectivity index (χ1n) is 10.5. The minimum absolute atomic E-state index is 0. The normalized spacial score (nSPS) is 37.0. The summed E-state index contributed by atoms with van der Waals surface area (Å²) in [4.78, 5) is 24.9. The Balaban J connectivity index is 0.00000196. The SMILES string of the molecule is Cl.O=C(NC1CCC(C(=O)NC2CC3CCC(C2)N3)CC1)C1CCCC1. The molecule has 2 aliphatic carbocycles. The van der Waals surface area contributed by atoms with Crippen LogP contribution >= 0.6 is 12.4 Å². The average Bonchev–Trinajstić information content (AvgIpc) is 3.25. The van der Waals surface area contributed by atoms with Gasteiger partial charge in [-0.2, -0.15) is 0 Å². The monoisotopic (exact) mass is 383 g/mol. The first-order valence-corrected chi connectivity index (χ1v) is 10.5. The van der Waals surface area contributed by atoms with Gasteiger partial charge in [0.15, 0.2) is 0 Å². The summed E-state index contributed by atoms with van der Waals surface area (Å²) < 4.78 is 0. The second kappa shape index (κ2) is 8.92. The summed E-state index contributed by atoms with van der Waals surface area (Å²) in [6.45, 7) is 0. The predicted octanol–water partition coefficient (Wildman–Crippen LogP) is 2.67. The van der Waals surface area contributed by atoms with Gasteiger partial charge in [0.2, 0.25) is 11.8 Å². The number of nitrogens with one attached hydrogen (secondary N) is 3. The zero-order chi connectivity index (χ0) is 17.2. The maximum absolute atomic E-state index is 12.6. The van der Waals surface area contributed by atoms with Crippen molar-refractivity contribution in [2.45, 2.75) is 101 Å². The predicted molar refractivity (Wildman–Crippen MR) is 104 cm³/mol.